The number of anilines is 1. The number of hydrogen-bond donors (Lipinski definition) is 1. The van der Waals surface area contributed by atoms with Crippen molar-refractivity contribution in [3.63, 3.8) is 0 Å². The van der Waals surface area contributed by atoms with Crippen molar-refractivity contribution in [2.45, 2.75) is 25.8 Å². The van der Waals surface area contributed by atoms with E-state index in [4.69, 9.17) is 0 Å². The van der Waals surface area contributed by atoms with Crippen molar-refractivity contribution in [3.8, 4) is 5.69 Å². The Morgan fingerprint density at radius 3 is 2.67 bits per heavy atom. The lowest BCUT2D eigenvalue weighted by atomic mass is 9.99. The number of aromatic nitrogens is 4. The first-order chi connectivity index (χ1) is 11.5. The van der Waals surface area contributed by atoms with E-state index in [-0.39, 0.29) is 12.0 Å². The van der Waals surface area contributed by atoms with E-state index in [1.165, 1.54) is 6.26 Å². The van der Waals surface area contributed by atoms with Crippen molar-refractivity contribution in [1.82, 2.24) is 24.9 Å². The summed E-state index contributed by atoms with van der Waals surface area (Å²) in [4.78, 5) is 2.05. The maximum Gasteiger partial charge on any atom is 0.250 e. The summed E-state index contributed by atoms with van der Waals surface area (Å²) in [6, 6.07) is 9.54. The van der Waals surface area contributed by atoms with Crippen molar-refractivity contribution in [3.05, 3.63) is 30.3 Å². The molecule has 130 valence electrons. The van der Waals surface area contributed by atoms with Crippen molar-refractivity contribution in [1.29, 1.82) is 0 Å². The molecule has 0 aliphatic carbocycles. The van der Waals surface area contributed by atoms with Gasteiger partial charge in [0.25, 0.3) is 0 Å². The van der Waals surface area contributed by atoms with Crippen molar-refractivity contribution in [2.24, 2.45) is 5.92 Å². The lowest BCUT2D eigenvalue weighted by molar-refractivity contribution is 0.442. The highest BCUT2D eigenvalue weighted by molar-refractivity contribution is 7.88. The summed E-state index contributed by atoms with van der Waals surface area (Å²) >= 11 is 0. The van der Waals surface area contributed by atoms with Crippen LogP contribution < -0.4 is 9.62 Å². The molecule has 1 aromatic heterocycles. The first-order valence-corrected chi connectivity index (χ1v) is 9.93. The van der Waals surface area contributed by atoms with Crippen LogP contribution in [-0.2, 0) is 10.0 Å². The fourth-order valence-corrected chi connectivity index (χ4v) is 4.04. The molecule has 1 aliphatic heterocycles. The van der Waals surface area contributed by atoms with Gasteiger partial charge in [-0.15, -0.1) is 0 Å². The van der Waals surface area contributed by atoms with Crippen molar-refractivity contribution < 1.29 is 8.42 Å². The number of rotatable bonds is 6. The number of para-hydroxylation sites is 1. The zero-order valence-corrected chi connectivity index (χ0v) is 14.6. The van der Waals surface area contributed by atoms with Gasteiger partial charge in [-0.05, 0) is 34.9 Å². The van der Waals surface area contributed by atoms with Crippen LogP contribution in [0.2, 0.25) is 0 Å². The lowest BCUT2D eigenvalue weighted by Gasteiger charge is -2.17. The van der Waals surface area contributed by atoms with E-state index in [0.717, 1.165) is 25.1 Å². The molecule has 0 bridgehead atoms. The van der Waals surface area contributed by atoms with Crippen LogP contribution in [0, 0.1) is 5.92 Å². The molecule has 9 heteroatoms. The quantitative estimate of drug-likeness (QED) is 0.829. The number of nitrogens with zero attached hydrogens (tertiary/aromatic N) is 5. The first-order valence-electron chi connectivity index (χ1n) is 8.04. The molecule has 1 N–H and O–H groups in total. The van der Waals surface area contributed by atoms with Gasteiger partial charge in [0, 0.05) is 19.1 Å². The van der Waals surface area contributed by atoms with Gasteiger partial charge in [0.05, 0.1) is 11.9 Å². The summed E-state index contributed by atoms with van der Waals surface area (Å²) in [5.41, 5.74) is 0.879. The van der Waals surface area contributed by atoms with E-state index in [0.29, 0.717) is 12.5 Å². The molecule has 8 nitrogen and oxygen atoms in total. The van der Waals surface area contributed by atoms with Gasteiger partial charge >= 0.3 is 0 Å². The third-order valence-corrected chi connectivity index (χ3v) is 4.93. The third kappa shape index (κ3) is 3.73. The molecular formula is C15H22N6O2S. The Labute approximate surface area is 141 Å². The van der Waals surface area contributed by atoms with E-state index in [9.17, 15) is 8.42 Å². The predicted molar refractivity (Wildman–Crippen MR) is 91.5 cm³/mol. The Morgan fingerprint density at radius 2 is 2.00 bits per heavy atom. The third-order valence-electron chi connectivity index (χ3n) is 4.20. The molecule has 3 rings (SSSR count). The first kappa shape index (κ1) is 16.8. The van der Waals surface area contributed by atoms with Crippen molar-refractivity contribution in [2.75, 3.05) is 24.2 Å². The average molecular weight is 350 g/mol. The maximum absolute atomic E-state index is 11.6. The number of tetrazole rings is 1. The highest BCUT2D eigenvalue weighted by Gasteiger charge is 2.36. The van der Waals surface area contributed by atoms with Gasteiger partial charge in [-0.2, -0.15) is 4.68 Å². The normalized spacial score (nSPS) is 21.3. The van der Waals surface area contributed by atoms with Crippen LogP contribution in [0.5, 0.6) is 0 Å². The Bertz CT molecular complexity index is 776. The number of hydrogen-bond acceptors (Lipinski definition) is 6. The van der Waals surface area contributed by atoms with Gasteiger partial charge in [0.15, 0.2) is 0 Å². The molecule has 2 atom stereocenters. The average Bonchev–Trinajstić information content (AvgIpc) is 3.14. The molecule has 2 aromatic rings. The van der Waals surface area contributed by atoms with Crippen LogP contribution in [0.25, 0.3) is 5.69 Å². The van der Waals surface area contributed by atoms with Crippen molar-refractivity contribution >= 4 is 16.0 Å². The standard InChI is InChI=1S/C15H22N6O2S/c1-3-7-12-10-20(11-14(12)17-24(2,22)23)15-16-18-19-21(15)13-8-5-4-6-9-13/h4-6,8-9,12,14,17H,3,7,10-11H2,1-2H3/t12-,14-/m0/s1. The molecular weight excluding hydrogens is 328 g/mol. The second-order valence-electron chi connectivity index (χ2n) is 6.18. The zero-order valence-electron chi connectivity index (χ0n) is 13.8. The molecule has 2 heterocycles. The molecule has 1 saturated heterocycles. The van der Waals surface area contributed by atoms with Gasteiger partial charge in [-0.1, -0.05) is 36.6 Å². The van der Waals surface area contributed by atoms with Crippen LogP contribution in [0.1, 0.15) is 19.8 Å². The van der Waals surface area contributed by atoms with E-state index >= 15 is 0 Å². The van der Waals surface area contributed by atoms with Gasteiger partial charge in [0.1, 0.15) is 0 Å². The zero-order chi connectivity index (χ0) is 17.2. The predicted octanol–water partition coefficient (Wildman–Crippen LogP) is 0.816. The minimum atomic E-state index is -3.25. The fourth-order valence-electron chi connectivity index (χ4n) is 3.22. The van der Waals surface area contributed by atoms with Crippen LogP contribution in [0.3, 0.4) is 0 Å². The second-order valence-corrected chi connectivity index (χ2v) is 7.96. The Morgan fingerprint density at radius 1 is 1.25 bits per heavy atom. The minimum Gasteiger partial charge on any atom is -0.337 e. The van der Waals surface area contributed by atoms with Crippen LogP contribution >= 0.6 is 0 Å². The molecule has 0 unspecified atom stereocenters. The summed E-state index contributed by atoms with van der Waals surface area (Å²) in [5, 5.41) is 12.0. The van der Waals surface area contributed by atoms with Gasteiger partial charge < -0.3 is 4.90 Å². The molecule has 0 spiro atoms. The summed E-state index contributed by atoms with van der Waals surface area (Å²) in [5.74, 6) is 0.880. The maximum atomic E-state index is 11.6. The van der Waals surface area contributed by atoms with Crippen LogP contribution in [0.15, 0.2) is 30.3 Å². The summed E-state index contributed by atoms with van der Waals surface area (Å²) in [7, 11) is -3.25. The van der Waals surface area contributed by atoms with E-state index < -0.39 is 10.0 Å². The molecule has 0 saturated carbocycles. The SMILES string of the molecule is CCC[C@H]1CN(c2nnnn2-c2ccccc2)C[C@@H]1NS(C)(=O)=O. The molecule has 1 fully saturated rings. The van der Waals surface area contributed by atoms with E-state index in [1.54, 1.807) is 4.68 Å². The smallest absolute Gasteiger partial charge is 0.250 e. The highest BCUT2D eigenvalue weighted by atomic mass is 32.2. The molecule has 1 aliphatic rings. The summed E-state index contributed by atoms with van der Waals surface area (Å²) in [6.45, 7) is 3.40. The second kappa shape index (κ2) is 6.86. The van der Waals surface area contributed by atoms with Crippen LogP contribution in [-0.4, -0.2) is 54.0 Å². The molecule has 0 radical (unpaired) electrons. The number of benzene rings is 1. The molecule has 24 heavy (non-hydrogen) atoms. The van der Waals surface area contributed by atoms with E-state index in [1.807, 2.05) is 30.3 Å². The van der Waals surface area contributed by atoms with Gasteiger partial charge in [-0.25, -0.2) is 13.1 Å². The number of sulfonamides is 1. The topological polar surface area (TPSA) is 93.0 Å². The fraction of sp³-hybridized carbons (Fsp3) is 0.533. The van der Waals surface area contributed by atoms with E-state index in [2.05, 4.69) is 32.1 Å². The largest absolute Gasteiger partial charge is 0.337 e. The van der Waals surface area contributed by atoms with Gasteiger partial charge in [-0.3, -0.25) is 0 Å². The lowest BCUT2D eigenvalue weighted by Crippen LogP contribution is -2.40. The Kier molecular flexibility index (Phi) is 4.81. The molecule has 1 aromatic carbocycles. The monoisotopic (exact) mass is 350 g/mol. The van der Waals surface area contributed by atoms with Crippen LogP contribution in [0.4, 0.5) is 5.95 Å². The minimum absolute atomic E-state index is 0.124. The Hall–Kier alpha value is -2.00. The Balaban J connectivity index is 1.85. The summed E-state index contributed by atoms with van der Waals surface area (Å²) in [6.07, 6.45) is 3.16. The molecule has 0 amide bonds. The number of nitrogens with one attached hydrogen (secondary N) is 1. The van der Waals surface area contributed by atoms with Gasteiger partial charge in [0.2, 0.25) is 16.0 Å². The summed E-state index contributed by atoms with van der Waals surface area (Å²) < 4.78 is 27.7. The highest BCUT2D eigenvalue weighted by Crippen LogP contribution is 2.27.